The van der Waals surface area contributed by atoms with Crippen molar-refractivity contribution in [3.05, 3.63) is 35.6 Å². The standard InChI is InChI=1S/C23H29FN2O3/c1-29-22(28)25-20-12-26(13-20)21(27)11-23(16-2-4-19(24)5-3-16)17-7-14-6-15(9-17)10-18(23)8-14/h2-5,14-15,17-18,20H,6-13H2,1H3,(H,25,28). The summed E-state index contributed by atoms with van der Waals surface area (Å²) in [4.78, 5) is 26.5. The maximum absolute atomic E-state index is 13.6. The van der Waals surface area contributed by atoms with Gasteiger partial charge in [0.15, 0.2) is 0 Å². The zero-order valence-electron chi connectivity index (χ0n) is 16.9. The van der Waals surface area contributed by atoms with Gasteiger partial charge >= 0.3 is 6.09 Å². The van der Waals surface area contributed by atoms with Crippen molar-refractivity contribution in [3.63, 3.8) is 0 Å². The number of methoxy groups -OCH3 is 1. The van der Waals surface area contributed by atoms with Crippen LogP contribution >= 0.6 is 0 Å². The molecule has 5 aliphatic rings. The Morgan fingerprint density at radius 3 is 2.21 bits per heavy atom. The predicted molar refractivity (Wildman–Crippen MR) is 106 cm³/mol. The number of hydrogen-bond donors (Lipinski definition) is 1. The van der Waals surface area contributed by atoms with Crippen molar-refractivity contribution in [3.8, 4) is 0 Å². The molecular formula is C23H29FN2O3. The monoisotopic (exact) mass is 400 g/mol. The van der Waals surface area contributed by atoms with Crippen LogP contribution in [0.2, 0.25) is 0 Å². The van der Waals surface area contributed by atoms with Crippen LogP contribution in [0, 0.1) is 29.5 Å². The molecule has 0 spiro atoms. The number of nitrogens with zero attached hydrogens (tertiary/aromatic N) is 1. The van der Waals surface area contributed by atoms with Gasteiger partial charge in [0.05, 0.1) is 13.2 Å². The van der Waals surface area contributed by atoms with Gasteiger partial charge in [-0.3, -0.25) is 4.79 Å². The van der Waals surface area contributed by atoms with E-state index in [1.807, 2.05) is 17.0 Å². The number of carbonyl (C=O) groups excluding carboxylic acids is 2. The summed E-state index contributed by atoms with van der Waals surface area (Å²) in [5, 5.41) is 2.76. The molecule has 6 heteroatoms. The summed E-state index contributed by atoms with van der Waals surface area (Å²) in [6, 6.07) is 6.90. The fourth-order valence-corrected chi connectivity index (χ4v) is 7.01. The van der Waals surface area contributed by atoms with E-state index in [0.717, 1.165) is 17.4 Å². The largest absolute Gasteiger partial charge is 0.453 e. The third-order valence-corrected chi connectivity index (χ3v) is 8.16. The summed E-state index contributed by atoms with van der Waals surface area (Å²) >= 11 is 0. The molecule has 1 saturated heterocycles. The van der Waals surface area contributed by atoms with E-state index in [1.54, 1.807) is 12.1 Å². The molecule has 0 atom stereocenters. The number of halogens is 1. The second kappa shape index (κ2) is 6.99. The zero-order valence-corrected chi connectivity index (χ0v) is 16.9. The molecule has 0 radical (unpaired) electrons. The van der Waals surface area contributed by atoms with Crippen molar-refractivity contribution in [1.82, 2.24) is 10.2 Å². The van der Waals surface area contributed by atoms with Gasteiger partial charge in [0, 0.05) is 24.9 Å². The van der Waals surface area contributed by atoms with Crippen LogP contribution < -0.4 is 5.32 Å². The van der Waals surface area contributed by atoms with Crippen LogP contribution in [0.1, 0.15) is 44.1 Å². The van der Waals surface area contributed by atoms with Gasteiger partial charge in [0.1, 0.15) is 5.82 Å². The Labute approximate surface area is 171 Å². The van der Waals surface area contributed by atoms with E-state index in [2.05, 4.69) is 10.1 Å². The van der Waals surface area contributed by atoms with E-state index in [-0.39, 0.29) is 23.2 Å². The van der Waals surface area contributed by atoms with Gasteiger partial charge in [-0.1, -0.05) is 12.1 Å². The molecule has 6 rings (SSSR count). The van der Waals surface area contributed by atoms with Gasteiger partial charge in [0.2, 0.25) is 5.91 Å². The average Bonchev–Trinajstić information content (AvgIpc) is 2.67. The summed E-state index contributed by atoms with van der Waals surface area (Å²) in [7, 11) is 1.34. The molecule has 1 aromatic rings. The number of carbonyl (C=O) groups is 2. The first-order valence-corrected chi connectivity index (χ1v) is 10.9. The molecule has 4 aliphatic carbocycles. The maximum atomic E-state index is 13.6. The van der Waals surface area contributed by atoms with Gasteiger partial charge < -0.3 is 15.0 Å². The van der Waals surface area contributed by atoms with Crippen LogP contribution in [0.4, 0.5) is 9.18 Å². The second-order valence-corrected chi connectivity index (χ2v) is 9.66. The topological polar surface area (TPSA) is 58.6 Å². The summed E-state index contributed by atoms with van der Waals surface area (Å²) in [5.41, 5.74) is 0.977. The third-order valence-electron chi connectivity index (χ3n) is 8.16. The van der Waals surface area contributed by atoms with Crippen LogP contribution in [0.5, 0.6) is 0 Å². The van der Waals surface area contributed by atoms with Gasteiger partial charge in [0.25, 0.3) is 0 Å². The Morgan fingerprint density at radius 2 is 1.66 bits per heavy atom. The van der Waals surface area contributed by atoms with Crippen LogP contribution in [-0.2, 0) is 14.9 Å². The van der Waals surface area contributed by atoms with E-state index >= 15 is 0 Å². The van der Waals surface area contributed by atoms with Crippen molar-refractivity contribution in [1.29, 1.82) is 0 Å². The Balaban J connectivity index is 1.37. The highest BCUT2D eigenvalue weighted by molar-refractivity contribution is 5.79. The first-order chi connectivity index (χ1) is 14.0. The van der Waals surface area contributed by atoms with Crippen LogP contribution in [0.3, 0.4) is 0 Å². The fraction of sp³-hybridized carbons (Fsp3) is 0.652. The molecule has 5 nitrogen and oxygen atoms in total. The lowest BCUT2D eigenvalue weighted by atomic mass is 9.43. The lowest BCUT2D eigenvalue weighted by molar-refractivity contribution is -0.143. The van der Waals surface area contributed by atoms with E-state index in [9.17, 15) is 14.0 Å². The van der Waals surface area contributed by atoms with E-state index < -0.39 is 6.09 Å². The molecular weight excluding hydrogens is 371 g/mol. The highest BCUT2D eigenvalue weighted by atomic mass is 19.1. The van der Waals surface area contributed by atoms with E-state index in [1.165, 1.54) is 39.2 Å². The van der Waals surface area contributed by atoms with Crippen LogP contribution in [0.25, 0.3) is 0 Å². The van der Waals surface area contributed by atoms with Crippen molar-refractivity contribution in [2.45, 2.75) is 50.0 Å². The average molecular weight is 400 g/mol. The minimum absolute atomic E-state index is 0.0355. The number of amides is 2. The van der Waals surface area contributed by atoms with Crippen molar-refractivity contribution in [2.75, 3.05) is 20.2 Å². The predicted octanol–water partition coefficient (Wildman–Crippen LogP) is 3.48. The number of rotatable bonds is 4. The summed E-state index contributed by atoms with van der Waals surface area (Å²) < 4.78 is 18.3. The highest BCUT2D eigenvalue weighted by Crippen LogP contribution is 2.64. The third kappa shape index (κ3) is 3.11. The zero-order chi connectivity index (χ0) is 20.2. The van der Waals surface area contributed by atoms with Gasteiger partial charge in [-0.15, -0.1) is 0 Å². The Bertz CT molecular complexity index is 775. The molecule has 1 N–H and O–H groups in total. The van der Waals surface area contributed by atoms with Crippen LogP contribution in [0.15, 0.2) is 24.3 Å². The maximum Gasteiger partial charge on any atom is 0.407 e. The summed E-state index contributed by atoms with van der Waals surface area (Å²) in [6.45, 7) is 1.07. The van der Waals surface area contributed by atoms with Gasteiger partial charge in [-0.05, 0) is 73.5 Å². The highest BCUT2D eigenvalue weighted by Gasteiger charge is 2.58. The molecule has 0 unspecified atom stereocenters. The number of benzene rings is 1. The molecule has 5 fully saturated rings. The number of likely N-dealkylation sites (tertiary alicyclic amines) is 1. The minimum atomic E-state index is -0.453. The number of alkyl carbamates (subject to hydrolysis) is 1. The lowest BCUT2D eigenvalue weighted by Crippen LogP contribution is -2.63. The first kappa shape index (κ1) is 18.9. The van der Waals surface area contributed by atoms with Crippen molar-refractivity contribution >= 4 is 12.0 Å². The van der Waals surface area contributed by atoms with Gasteiger partial charge in [-0.25, -0.2) is 9.18 Å². The quantitative estimate of drug-likeness (QED) is 0.842. The molecule has 2 amide bonds. The van der Waals surface area contributed by atoms with E-state index in [0.29, 0.717) is 31.3 Å². The molecule has 4 saturated carbocycles. The van der Waals surface area contributed by atoms with E-state index in [4.69, 9.17) is 0 Å². The van der Waals surface area contributed by atoms with Crippen molar-refractivity contribution in [2.24, 2.45) is 23.7 Å². The Hall–Kier alpha value is -2.11. The van der Waals surface area contributed by atoms with Gasteiger partial charge in [-0.2, -0.15) is 0 Å². The molecule has 156 valence electrons. The molecule has 4 bridgehead atoms. The number of nitrogens with one attached hydrogen (secondary N) is 1. The second-order valence-electron chi connectivity index (χ2n) is 9.66. The molecule has 1 aromatic carbocycles. The molecule has 0 aromatic heterocycles. The normalized spacial score (nSPS) is 35.3. The Kier molecular flexibility index (Phi) is 4.56. The SMILES string of the molecule is COC(=O)NC1CN(C(=O)CC2(c3ccc(F)cc3)C3CC4CC(C3)CC2C4)C1. The fourth-order valence-electron chi connectivity index (χ4n) is 7.01. The lowest BCUT2D eigenvalue weighted by Gasteiger charge is -2.62. The first-order valence-electron chi connectivity index (χ1n) is 10.9. The minimum Gasteiger partial charge on any atom is -0.453 e. The molecule has 29 heavy (non-hydrogen) atoms. The number of hydrogen-bond acceptors (Lipinski definition) is 3. The smallest absolute Gasteiger partial charge is 0.407 e. The van der Waals surface area contributed by atoms with Crippen molar-refractivity contribution < 1.29 is 18.7 Å². The Morgan fingerprint density at radius 1 is 1.07 bits per heavy atom. The summed E-state index contributed by atoms with van der Waals surface area (Å²) in [6.07, 6.45) is 6.19. The number of ether oxygens (including phenoxy) is 1. The van der Waals surface area contributed by atoms with Crippen LogP contribution in [-0.4, -0.2) is 43.1 Å². The molecule has 1 heterocycles. The summed E-state index contributed by atoms with van der Waals surface area (Å²) in [5.74, 6) is 2.57. The molecule has 1 aliphatic heterocycles.